The smallest absolute Gasteiger partial charge is 0.269 e. The predicted molar refractivity (Wildman–Crippen MR) is 68.6 cm³/mol. The summed E-state index contributed by atoms with van der Waals surface area (Å²) in [5.41, 5.74) is 1.26. The minimum absolute atomic E-state index is 0.142. The Bertz CT molecular complexity index is 405. The molecule has 2 atom stereocenters. The highest BCUT2D eigenvalue weighted by Gasteiger charge is 2.24. The lowest BCUT2D eigenvalue weighted by Crippen LogP contribution is -2.41. The van der Waals surface area contributed by atoms with Crippen LogP contribution in [0.3, 0.4) is 0 Å². The molecule has 0 aromatic heterocycles. The summed E-state index contributed by atoms with van der Waals surface area (Å²) in [5, 5.41) is 13.9. The number of nitrogens with zero attached hydrogens (tertiary/aromatic N) is 1. The molecule has 5 nitrogen and oxygen atoms in total. The molecule has 1 saturated heterocycles. The van der Waals surface area contributed by atoms with E-state index >= 15 is 0 Å². The first kappa shape index (κ1) is 13.0. The highest BCUT2D eigenvalue weighted by atomic mass is 16.6. The van der Waals surface area contributed by atoms with Gasteiger partial charge in [-0.1, -0.05) is 12.1 Å². The summed E-state index contributed by atoms with van der Waals surface area (Å²) in [5.74, 6) is 0.435. The lowest BCUT2D eigenvalue weighted by Gasteiger charge is -2.31. The maximum Gasteiger partial charge on any atom is 0.269 e. The van der Waals surface area contributed by atoms with Crippen LogP contribution in [0.25, 0.3) is 0 Å². The molecule has 0 amide bonds. The molecule has 2 rings (SSSR count). The van der Waals surface area contributed by atoms with E-state index < -0.39 is 0 Å². The molecule has 98 valence electrons. The average molecular weight is 250 g/mol. The number of rotatable bonds is 4. The van der Waals surface area contributed by atoms with Gasteiger partial charge in [-0.3, -0.25) is 10.1 Å². The van der Waals surface area contributed by atoms with Crippen molar-refractivity contribution in [3.8, 4) is 0 Å². The molecule has 1 aliphatic heterocycles. The van der Waals surface area contributed by atoms with Crippen molar-refractivity contribution in [3.63, 3.8) is 0 Å². The zero-order valence-corrected chi connectivity index (χ0v) is 10.5. The van der Waals surface area contributed by atoms with Gasteiger partial charge in [0, 0.05) is 30.7 Å². The largest absolute Gasteiger partial charge is 0.381 e. The van der Waals surface area contributed by atoms with Crippen LogP contribution in [0.1, 0.15) is 12.0 Å². The number of ether oxygens (including phenoxy) is 1. The molecule has 18 heavy (non-hydrogen) atoms. The fourth-order valence-electron chi connectivity index (χ4n) is 2.43. The summed E-state index contributed by atoms with van der Waals surface area (Å²) >= 11 is 0. The van der Waals surface area contributed by atoms with Crippen LogP contribution in [0.2, 0.25) is 0 Å². The highest BCUT2D eigenvalue weighted by Crippen LogP contribution is 2.21. The van der Waals surface area contributed by atoms with Gasteiger partial charge in [0.1, 0.15) is 0 Å². The first-order valence-corrected chi connectivity index (χ1v) is 6.19. The predicted octanol–water partition coefficient (Wildman–Crippen LogP) is 1.76. The molecule has 1 N–H and O–H groups in total. The van der Waals surface area contributed by atoms with Gasteiger partial charge in [0.15, 0.2) is 0 Å². The zero-order chi connectivity index (χ0) is 13.0. The van der Waals surface area contributed by atoms with Crippen molar-refractivity contribution in [1.29, 1.82) is 0 Å². The molecule has 1 fully saturated rings. The van der Waals surface area contributed by atoms with Gasteiger partial charge >= 0.3 is 0 Å². The molecule has 1 aliphatic rings. The highest BCUT2D eigenvalue weighted by molar-refractivity contribution is 5.33. The van der Waals surface area contributed by atoms with Crippen molar-refractivity contribution in [3.05, 3.63) is 39.9 Å². The standard InChI is InChI=1S/C13H18N2O3/c1-14-13-6-7-18-9-11(13)8-10-2-4-12(5-3-10)15(16)17/h2-5,11,13-14H,6-9H2,1H3. The van der Waals surface area contributed by atoms with Gasteiger partial charge in [0.25, 0.3) is 5.69 Å². The lowest BCUT2D eigenvalue weighted by molar-refractivity contribution is -0.384. The second kappa shape index (κ2) is 5.93. The van der Waals surface area contributed by atoms with Gasteiger partial charge < -0.3 is 10.1 Å². The van der Waals surface area contributed by atoms with Crippen LogP contribution in [-0.2, 0) is 11.2 Å². The number of nitro benzene ring substituents is 1. The topological polar surface area (TPSA) is 64.4 Å². The quantitative estimate of drug-likeness (QED) is 0.653. The number of hydrogen-bond donors (Lipinski definition) is 1. The van der Waals surface area contributed by atoms with E-state index in [1.54, 1.807) is 12.1 Å². The van der Waals surface area contributed by atoms with E-state index in [9.17, 15) is 10.1 Å². The van der Waals surface area contributed by atoms with E-state index in [0.29, 0.717) is 12.0 Å². The Morgan fingerprint density at radius 2 is 2.17 bits per heavy atom. The summed E-state index contributed by atoms with van der Waals surface area (Å²) < 4.78 is 5.50. The first-order valence-electron chi connectivity index (χ1n) is 6.19. The summed E-state index contributed by atoms with van der Waals surface area (Å²) in [4.78, 5) is 10.2. The molecule has 0 spiro atoms. The van der Waals surface area contributed by atoms with Gasteiger partial charge in [0.2, 0.25) is 0 Å². The molecule has 0 saturated carbocycles. The summed E-state index contributed by atoms with van der Waals surface area (Å²) in [7, 11) is 1.97. The molecule has 1 heterocycles. The average Bonchev–Trinajstić information content (AvgIpc) is 2.40. The lowest BCUT2D eigenvalue weighted by atomic mass is 9.89. The number of benzene rings is 1. The summed E-state index contributed by atoms with van der Waals surface area (Å²) in [6.07, 6.45) is 1.91. The molecular formula is C13H18N2O3. The van der Waals surface area contributed by atoms with Crippen molar-refractivity contribution in [2.75, 3.05) is 20.3 Å². The molecule has 2 unspecified atom stereocenters. The van der Waals surface area contributed by atoms with Gasteiger partial charge in [-0.15, -0.1) is 0 Å². The number of nitrogens with one attached hydrogen (secondary N) is 1. The third kappa shape index (κ3) is 3.05. The number of non-ortho nitro benzene ring substituents is 1. The van der Waals surface area contributed by atoms with E-state index in [2.05, 4.69) is 5.32 Å². The normalized spacial score (nSPS) is 23.8. The Kier molecular flexibility index (Phi) is 4.28. The Hall–Kier alpha value is -1.46. The van der Waals surface area contributed by atoms with Crippen LogP contribution >= 0.6 is 0 Å². The molecule has 1 aromatic carbocycles. The van der Waals surface area contributed by atoms with E-state index in [-0.39, 0.29) is 10.6 Å². The molecule has 0 radical (unpaired) electrons. The van der Waals surface area contributed by atoms with Crippen LogP contribution in [0.5, 0.6) is 0 Å². The minimum atomic E-state index is -0.371. The SMILES string of the molecule is CNC1CCOCC1Cc1ccc([N+](=O)[O-])cc1. The van der Waals surface area contributed by atoms with Crippen molar-refractivity contribution in [2.45, 2.75) is 18.9 Å². The van der Waals surface area contributed by atoms with E-state index in [1.165, 1.54) is 0 Å². The Labute approximate surface area is 106 Å². The fourth-order valence-corrected chi connectivity index (χ4v) is 2.43. The third-order valence-electron chi connectivity index (χ3n) is 3.49. The Balaban J connectivity index is 2.01. The molecule has 0 bridgehead atoms. The Morgan fingerprint density at radius 3 is 2.78 bits per heavy atom. The maximum absolute atomic E-state index is 10.6. The van der Waals surface area contributed by atoms with Gasteiger partial charge in [-0.05, 0) is 25.5 Å². The van der Waals surface area contributed by atoms with Crippen LogP contribution < -0.4 is 5.32 Å². The summed E-state index contributed by atoms with van der Waals surface area (Å²) in [6.45, 7) is 1.56. The van der Waals surface area contributed by atoms with Crippen LogP contribution in [0.4, 0.5) is 5.69 Å². The first-order chi connectivity index (χ1) is 8.70. The van der Waals surface area contributed by atoms with E-state index in [4.69, 9.17) is 4.74 Å². The van der Waals surface area contributed by atoms with Crippen molar-refractivity contribution >= 4 is 5.69 Å². The fraction of sp³-hybridized carbons (Fsp3) is 0.538. The number of nitro groups is 1. The number of hydrogen-bond acceptors (Lipinski definition) is 4. The molecule has 1 aromatic rings. The van der Waals surface area contributed by atoms with Crippen molar-refractivity contribution in [2.24, 2.45) is 5.92 Å². The molecular weight excluding hydrogens is 232 g/mol. The van der Waals surface area contributed by atoms with Gasteiger partial charge in [-0.2, -0.15) is 0 Å². The van der Waals surface area contributed by atoms with Crippen LogP contribution in [0, 0.1) is 16.0 Å². The third-order valence-corrected chi connectivity index (χ3v) is 3.49. The van der Waals surface area contributed by atoms with Crippen LogP contribution in [-0.4, -0.2) is 31.2 Å². The monoisotopic (exact) mass is 250 g/mol. The second-order valence-electron chi connectivity index (χ2n) is 4.65. The van der Waals surface area contributed by atoms with Gasteiger partial charge in [0.05, 0.1) is 11.5 Å². The van der Waals surface area contributed by atoms with E-state index in [0.717, 1.165) is 31.6 Å². The zero-order valence-electron chi connectivity index (χ0n) is 10.5. The van der Waals surface area contributed by atoms with Gasteiger partial charge in [-0.25, -0.2) is 0 Å². The van der Waals surface area contributed by atoms with Crippen molar-refractivity contribution < 1.29 is 9.66 Å². The maximum atomic E-state index is 10.6. The minimum Gasteiger partial charge on any atom is -0.381 e. The molecule has 0 aliphatic carbocycles. The Morgan fingerprint density at radius 1 is 1.44 bits per heavy atom. The second-order valence-corrected chi connectivity index (χ2v) is 4.65. The van der Waals surface area contributed by atoms with Crippen LogP contribution in [0.15, 0.2) is 24.3 Å². The van der Waals surface area contributed by atoms with E-state index in [1.807, 2.05) is 19.2 Å². The van der Waals surface area contributed by atoms with Crippen molar-refractivity contribution in [1.82, 2.24) is 5.32 Å². The molecule has 5 heteroatoms. The summed E-state index contributed by atoms with van der Waals surface area (Å²) in [6, 6.07) is 7.26.